The Kier molecular flexibility index (Phi) is 2.83. The number of aromatic nitrogens is 2. The van der Waals surface area contributed by atoms with Gasteiger partial charge in [0.2, 0.25) is 0 Å². The first-order valence-electron chi connectivity index (χ1n) is 6.27. The van der Waals surface area contributed by atoms with Crippen molar-refractivity contribution in [2.24, 2.45) is 5.18 Å². The molecule has 5 heteroatoms. The minimum absolute atomic E-state index is 0.431. The average molecular weight is 244 g/mol. The highest BCUT2D eigenvalue weighted by atomic mass is 16.3. The molecule has 1 aliphatic heterocycles. The smallest absolute Gasteiger partial charge is 0.110 e. The van der Waals surface area contributed by atoms with Crippen LogP contribution >= 0.6 is 0 Å². The first kappa shape index (κ1) is 11.3. The van der Waals surface area contributed by atoms with Crippen LogP contribution in [-0.2, 0) is 0 Å². The Bertz CT molecular complexity index is 569. The highest BCUT2D eigenvalue weighted by molar-refractivity contribution is 5.81. The number of likely N-dealkylation sites (tertiary alicyclic amines) is 1. The van der Waals surface area contributed by atoms with E-state index >= 15 is 0 Å². The fourth-order valence-electron chi connectivity index (χ4n) is 2.61. The van der Waals surface area contributed by atoms with Crippen molar-refractivity contribution in [3.63, 3.8) is 0 Å². The molecule has 0 atom stereocenters. The number of hydrogen-bond acceptors (Lipinski definition) is 4. The van der Waals surface area contributed by atoms with Crippen LogP contribution in [0.3, 0.4) is 0 Å². The number of hydrogen-bond donors (Lipinski definition) is 0. The van der Waals surface area contributed by atoms with Gasteiger partial charge in [-0.25, -0.2) is 0 Å². The van der Waals surface area contributed by atoms with Crippen LogP contribution in [-0.4, -0.2) is 34.8 Å². The SMILES string of the molecule is CN1CCC(n2ncc3ccc(N=O)cc32)CC1. The van der Waals surface area contributed by atoms with E-state index in [1.165, 1.54) is 0 Å². The molecule has 1 aliphatic rings. The van der Waals surface area contributed by atoms with Crippen molar-refractivity contribution >= 4 is 16.6 Å². The summed E-state index contributed by atoms with van der Waals surface area (Å²) in [7, 11) is 2.14. The van der Waals surface area contributed by atoms with Gasteiger partial charge in [0.15, 0.2) is 0 Å². The number of rotatable bonds is 2. The topological polar surface area (TPSA) is 50.5 Å². The van der Waals surface area contributed by atoms with Gasteiger partial charge in [0.1, 0.15) is 5.69 Å². The van der Waals surface area contributed by atoms with E-state index in [9.17, 15) is 4.91 Å². The molecule has 18 heavy (non-hydrogen) atoms. The Morgan fingerprint density at radius 2 is 2.11 bits per heavy atom. The van der Waals surface area contributed by atoms with Gasteiger partial charge in [-0.05, 0) is 56.4 Å². The highest BCUT2D eigenvalue weighted by Crippen LogP contribution is 2.28. The molecule has 2 heterocycles. The van der Waals surface area contributed by atoms with E-state index in [1.807, 2.05) is 18.3 Å². The maximum atomic E-state index is 10.6. The molecule has 0 unspecified atom stereocenters. The van der Waals surface area contributed by atoms with Crippen LogP contribution in [0.15, 0.2) is 29.6 Å². The van der Waals surface area contributed by atoms with E-state index in [0.717, 1.165) is 36.8 Å². The third kappa shape index (κ3) is 1.90. The maximum absolute atomic E-state index is 10.6. The summed E-state index contributed by atoms with van der Waals surface area (Å²) in [6.07, 6.45) is 4.07. The van der Waals surface area contributed by atoms with E-state index < -0.39 is 0 Å². The zero-order chi connectivity index (χ0) is 12.5. The number of nitrogens with zero attached hydrogens (tertiary/aromatic N) is 4. The Morgan fingerprint density at radius 1 is 1.33 bits per heavy atom. The molecule has 0 aliphatic carbocycles. The normalized spacial score (nSPS) is 18.3. The fourth-order valence-corrected chi connectivity index (χ4v) is 2.61. The Labute approximate surface area is 105 Å². The first-order chi connectivity index (χ1) is 8.78. The van der Waals surface area contributed by atoms with Crippen LogP contribution in [0.1, 0.15) is 18.9 Å². The molecular formula is C13H16N4O. The summed E-state index contributed by atoms with van der Waals surface area (Å²) in [5.74, 6) is 0. The van der Waals surface area contributed by atoms with Gasteiger partial charge in [0, 0.05) is 5.39 Å². The predicted octanol–water partition coefficient (Wildman–Crippen LogP) is 2.70. The Morgan fingerprint density at radius 3 is 2.83 bits per heavy atom. The Hall–Kier alpha value is -1.75. The minimum atomic E-state index is 0.431. The molecule has 1 saturated heterocycles. The quantitative estimate of drug-likeness (QED) is 0.763. The lowest BCUT2D eigenvalue weighted by Crippen LogP contribution is -2.31. The van der Waals surface area contributed by atoms with Crippen molar-refractivity contribution in [3.05, 3.63) is 29.3 Å². The molecule has 0 saturated carbocycles. The molecule has 0 radical (unpaired) electrons. The summed E-state index contributed by atoms with van der Waals surface area (Å²) >= 11 is 0. The highest BCUT2D eigenvalue weighted by Gasteiger charge is 2.20. The zero-order valence-corrected chi connectivity index (χ0v) is 10.4. The lowest BCUT2D eigenvalue weighted by atomic mass is 10.1. The van der Waals surface area contributed by atoms with Crippen LogP contribution in [0, 0.1) is 4.91 Å². The molecule has 3 rings (SSSR count). The lowest BCUT2D eigenvalue weighted by molar-refractivity contribution is 0.215. The molecule has 2 aromatic rings. The molecule has 1 fully saturated rings. The summed E-state index contributed by atoms with van der Waals surface area (Å²) < 4.78 is 2.05. The number of piperidine rings is 1. The largest absolute Gasteiger partial charge is 0.306 e. The van der Waals surface area contributed by atoms with E-state index in [2.05, 4.69) is 26.9 Å². The van der Waals surface area contributed by atoms with Crippen LogP contribution in [0.2, 0.25) is 0 Å². The molecule has 0 N–H and O–H groups in total. The van der Waals surface area contributed by atoms with Gasteiger partial charge in [0.25, 0.3) is 0 Å². The van der Waals surface area contributed by atoms with Gasteiger partial charge in [-0.2, -0.15) is 5.10 Å². The maximum Gasteiger partial charge on any atom is 0.110 e. The van der Waals surface area contributed by atoms with Gasteiger partial charge in [-0.3, -0.25) is 4.68 Å². The Balaban J connectivity index is 1.98. The summed E-state index contributed by atoms with van der Waals surface area (Å²) in [5.41, 5.74) is 1.49. The van der Waals surface area contributed by atoms with Crippen molar-refractivity contribution in [2.75, 3.05) is 20.1 Å². The molecule has 5 nitrogen and oxygen atoms in total. The standard InChI is InChI=1S/C13H16N4O/c1-16-6-4-12(5-7-16)17-13-8-11(15-18)3-2-10(13)9-14-17/h2-3,8-9,12H,4-7H2,1H3. The van der Waals surface area contributed by atoms with Crippen molar-refractivity contribution < 1.29 is 0 Å². The van der Waals surface area contributed by atoms with Gasteiger partial charge in [-0.15, -0.1) is 4.91 Å². The zero-order valence-electron chi connectivity index (χ0n) is 10.4. The molecule has 1 aromatic carbocycles. The fraction of sp³-hybridized carbons (Fsp3) is 0.462. The third-order valence-electron chi connectivity index (χ3n) is 3.72. The molecular weight excluding hydrogens is 228 g/mol. The second kappa shape index (κ2) is 4.49. The molecule has 0 bridgehead atoms. The van der Waals surface area contributed by atoms with E-state index in [-0.39, 0.29) is 0 Å². The second-order valence-corrected chi connectivity index (χ2v) is 4.96. The number of nitroso groups, excluding NO2 is 1. The predicted molar refractivity (Wildman–Crippen MR) is 71.0 cm³/mol. The van der Waals surface area contributed by atoms with Crippen molar-refractivity contribution in [3.8, 4) is 0 Å². The average Bonchev–Trinajstić information content (AvgIpc) is 2.82. The van der Waals surface area contributed by atoms with Gasteiger partial charge in [0.05, 0.1) is 17.8 Å². The molecule has 1 aromatic heterocycles. The van der Waals surface area contributed by atoms with Crippen molar-refractivity contribution in [1.29, 1.82) is 0 Å². The van der Waals surface area contributed by atoms with Crippen LogP contribution < -0.4 is 0 Å². The molecule has 0 spiro atoms. The molecule has 94 valence electrons. The van der Waals surface area contributed by atoms with Crippen LogP contribution in [0.5, 0.6) is 0 Å². The van der Waals surface area contributed by atoms with Gasteiger partial charge >= 0.3 is 0 Å². The summed E-state index contributed by atoms with van der Waals surface area (Å²) in [5, 5.41) is 8.54. The lowest BCUT2D eigenvalue weighted by Gasteiger charge is -2.29. The van der Waals surface area contributed by atoms with Crippen molar-refractivity contribution in [1.82, 2.24) is 14.7 Å². The summed E-state index contributed by atoms with van der Waals surface area (Å²) in [6, 6.07) is 5.90. The van der Waals surface area contributed by atoms with Gasteiger partial charge in [-0.1, -0.05) is 0 Å². The van der Waals surface area contributed by atoms with E-state index in [0.29, 0.717) is 11.7 Å². The summed E-state index contributed by atoms with van der Waals surface area (Å²) in [4.78, 5) is 13.0. The summed E-state index contributed by atoms with van der Waals surface area (Å²) in [6.45, 7) is 2.19. The van der Waals surface area contributed by atoms with Crippen LogP contribution in [0.25, 0.3) is 10.9 Å². The van der Waals surface area contributed by atoms with E-state index in [1.54, 1.807) is 6.07 Å². The monoisotopic (exact) mass is 244 g/mol. The van der Waals surface area contributed by atoms with Gasteiger partial charge < -0.3 is 4.90 Å². The van der Waals surface area contributed by atoms with Crippen LogP contribution in [0.4, 0.5) is 5.69 Å². The number of benzene rings is 1. The number of fused-ring (bicyclic) bond motifs is 1. The van der Waals surface area contributed by atoms with Crippen molar-refractivity contribution in [2.45, 2.75) is 18.9 Å². The third-order valence-corrected chi connectivity index (χ3v) is 3.72. The van der Waals surface area contributed by atoms with E-state index in [4.69, 9.17) is 0 Å². The molecule has 0 amide bonds. The minimum Gasteiger partial charge on any atom is -0.306 e. The first-order valence-corrected chi connectivity index (χ1v) is 6.27. The second-order valence-electron chi connectivity index (χ2n) is 4.96.